The summed E-state index contributed by atoms with van der Waals surface area (Å²) in [5.74, 6) is 0.197. The molecule has 6 nitrogen and oxygen atoms in total. The minimum absolute atomic E-state index is 0.197. The van der Waals surface area contributed by atoms with Gasteiger partial charge in [-0.25, -0.2) is 4.79 Å². The highest BCUT2D eigenvalue weighted by molar-refractivity contribution is 7.57. The average Bonchev–Trinajstić information content (AvgIpc) is 2.18. The summed E-state index contributed by atoms with van der Waals surface area (Å²) in [5.41, 5.74) is 4.95. The van der Waals surface area contributed by atoms with Crippen molar-refractivity contribution in [2.24, 2.45) is 0 Å². The minimum atomic E-state index is -2.94. The van der Waals surface area contributed by atoms with Crippen molar-refractivity contribution in [2.75, 3.05) is 18.6 Å². The lowest BCUT2D eigenvalue weighted by Crippen LogP contribution is -2.22. The number of nitrogens with zero attached hydrogens (tertiary/aromatic N) is 2. The largest absolute Gasteiger partial charge is 0.383 e. The Morgan fingerprint density at radius 1 is 1.59 bits per heavy atom. The normalized spacial score (nSPS) is 14.9. The molecule has 17 heavy (non-hydrogen) atoms. The first-order valence-electron chi connectivity index (χ1n) is 5.16. The van der Waals surface area contributed by atoms with Gasteiger partial charge in [-0.3, -0.25) is 9.13 Å². The van der Waals surface area contributed by atoms with Crippen LogP contribution in [0.2, 0.25) is 0 Å². The van der Waals surface area contributed by atoms with E-state index in [9.17, 15) is 9.36 Å². The van der Waals surface area contributed by atoms with Crippen LogP contribution in [-0.4, -0.2) is 27.3 Å². The quantitative estimate of drug-likeness (QED) is 0.596. The molecule has 7 heteroatoms. The van der Waals surface area contributed by atoms with E-state index in [0.717, 1.165) is 0 Å². The third-order valence-corrected chi connectivity index (χ3v) is 3.16. The van der Waals surface area contributed by atoms with Gasteiger partial charge in [0.05, 0.1) is 0 Å². The van der Waals surface area contributed by atoms with Gasteiger partial charge in [0.2, 0.25) is 0 Å². The topological polar surface area (TPSA) is 98.2 Å². The number of allylic oxidation sites excluding steroid dienone is 2. The van der Waals surface area contributed by atoms with Crippen molar-refractivity contribution in [3.8, 4) is 0 Å². The zero-order chi connectivity index (χ0) is 12.9. The zero-order valence-corrected chi connectivity index (χ0v) is 10.5. The smallest absolute Gasteiger partial charge is 0.349 e. The fraction of sp³-hybridized carbons (Fsp3) is 0.400. The Hall–Kier alpha value is -1.39. The van der Waals surface area contributed by atoms with E-state index in [1.54, 1.807) is 24.4 Å². The van der Waals surface area contributed by atoms with E-state index in [1.807, 2.05) is 0 Å². The maximum absolute atomic E-state index is 11.3. The molecule has 3 N–H and O–H groups in total. The molecule has 0 aliphatic heterocycles. The summed E-state index contributed by atoms with van der Waals surface area (Å²) in [4.78, 5) is 23.9. The number of rotatable bonds is 5. The molecule has 0 aromatic carbocycles. The fourth-order valence-corrected chi connectivity index (χ4v) is 1.83. The van der Waals surface area contributed by atoms with Crippen LogP contribution in [0, 0.1) is 0 Å². The molecule has 0 aliphatic rings. The molecule has 0 saturated carbocycles. The summed E-state index contributed by atoms with van der Waals surface area (Å²) in [6.45, 7) is 1.71. The summed E-state index contributed by atoms with van der Waals surface area (Å²) in [6, 6.07) is 1.54. The van der Waals surface area contributed by atoms with Crippen LogP contribution in [0.25, 0.3) is 0 Å². The number of hydrogen-bond donors (Lipinski definition) is 2. The first kappa shape index (κ1) is 13.7. The second-order valence-electron chi connectivity index (χ2n) is 3.82. The third kappa shape index (κ3) is 5.47. The Bertz CT molecular complexity index is 504. The first-order chi connectivity index (χ1) is 7.88. The molecular weight excluding hydrogens is 241 g/mol. The highest BCUT2D eigenvalue weighted by atomic mass is 31.2. The van der Waals surface area contributed by atoms with Gasteiger partial charge in [0.1, 0.15) is 5.82 Å². The van der Waals surface area contributed by atoms with Gasteiger partial charge in [-0.2, -0.15) is 4.98 Å². The van der Waals surface area contributed by atoms with E-state index in [4.69, 9.17) is 10.6 Å². The number of aromatic nitrogens is 2. The Kier molecular flexibility index (Phi) is 4.66. The fourth-order valence-electron chi connectivity index (χ4n) is 1.20. The highest BCUT2D eigenvalue weighted by Gasteiger charge is 2.06. The van der Waals surface area contributed by atoms with Gasteiger partial charge >= 0.3 is 5.69 Å². The number of nitrogen functional groups attached to an aromatic ring is 1. The second-order valence-corrected chi connectivity index (χ2v) is 6.37. The molecule has 1 aromatic rings. The number of hydrogen-bond acceptors (Lipinski definition) is 4. The monoisotopic (exact) mass is 257 g/mol. The van der Waals surface area contributed by atoms with Crippen LogP contribution < -0.4 is 11.4 Å². The minimum Gasteiger partial charge on any atom is -0.383 e. The van der Waals surface area contributed by atoms with Gasteiger partial charge in [-0.15, -0.1) is 0 Å². The van der Waals surface area contributed by atoms with Crippen LogP contribution in [0.1, 0.15) is 6.42 Å². The van der Waals surface area contributed by atoms with Crippen molar-refractivity contribution in [1.29, 1.82) is 0 Å². The maximum Gasteiger partial charge on any atom is 0.349 e. The summed E-state index contributed by atoms with van der Waals surface area (Å²) in [6.07, 6.45) is 5.86. The van der Waals surface area contributed by atoms with Gasteiger partial charge in [0, 0.05) is 25.6 Å². The molecule has 0 saturated heterocycles. The van der Waals surface area contributed by atoms with Crippen LogP contribution >= 0.6 is 7.37 Å². The molecule has 1 heterocycles. The molecule has 1 atom stereocenters. The molecule has 1 rings (SSSR count). The molecule has 1 unspecified atom stereocenters. The molecule has 0 bridgehead atoms. The van der Waals surface area contributed by atoms with Gasteiger partial charge in [0.15, 0.2) is 7.37 Å². The Balaban J connectivity index is 2.48. The number of nitrogens with two attached hydrogens (primary N) is 1. The molecule has 0 spiro atoms. The van der Waals surface area contributed by atoms with Crippen molar-refractivity contribution in [3.05, 3.63) is 34.9 Å². The summed E-state index contributed by atoms with van der Waals surface area (Å²) in [7, 11) is -2.94. The Labute approximate surface area is 99.3 Å². The molecule has 1 aromatic heterocycles. The SMILES string of the molecule is CP(=O)(O)CC/C=C\Cn1ccc(N)nc1=O. The molecule has 0 amide bonds. The first-order valence-corrected chi connectivity index (χ1v) is 7.45. The second kappa shape index (κ2) is 5.80. The predicted octanol–water partition coefficient (Wildman–Crippen LogP) is 0.672. The average molecular weight is 257 g/mol. The lowest BCUT2D eigenvalue weighted by Gasteiger charge is -2.02. The van der Waals surface area contributed by atoms with Gasteiger partial charge in [0.25, 0.3) is 0 Å². The predicted molar refractivity (Wildman–Crippen MR) is 67.3 cm³/mol. The van der Waals surface area contributed by atoms with E-state index in [0.29, 0.717) is 13.0 Å². The van der Waals surface area contributed by atoms with Crippen molar-refractivity contribution >= 4 is 13.2 Å². The Morgan fingerprint density at radius 3 is 2.88 bits per heavy atom. The van der Waals surface area contributed by atoms with E-state index in [1.165, 1.54) is 11.2 Å². The standard InChI is InChI=1S/C10H16N3O3P/c1-17(15,16)8-4-2-3-6-13-7-5-9(11)12-10(13)14/h2-3,5,7H,4,6,8H2,1H3,(H,15,16)(H2,11,12,14)/b3-2-. The molecule has 0 fully saturated rings. The van der Waals surface area contributed by atoms with Crippen LogP contribution in [0.4, 0.5) is 5.82 Å². The van der Waals surface area contributed by atoms with Crippen molar-refractivity contribution in [1.82, 2.24) is 9.55 Å². The lowest BCUT2D eigenvalue weighted by molar-refractivity contribution is 0.485. The van der Waals surface area contributed by atoms with Gasteiger partial charge in [-0.05, 0) is 12.5 Å². The molecule has 94 valence electrons. The highest BCUT2D eigenvalue weighted by Crippen LogP contribution is 2.35. The zero-order valence-electron chi connectivity index (χ0n) is 9.61. The van der Waals surface area contributed by atoms with E-state index < -0.39 is 13.1 Å². The van der Waals surface area contributed by atoms with Crippen LogP contribution in [-0.2, 0) is 11.1 Å². The van der Waals surface area contributed by atoms with Gasteiger partial charge in [-0.1, -0.05) is 12.2 Å². The van der Waals surface area contributed by atoms with Crippen LogP contribution in [0.15, 0.2) is 29.2 Å². The lowest BCUT2D eigenvalue weighted by atomic mass is 10.4. The summed E-state index contributed by atoms with van der Waals surface area (Å²) < 4.78 is 12.4. The molecule has 0 aliphatic carbocycles. The van der Waals surface area contributed by atoms with Gasteiger partial charge < -0.3 is 10.6 Å². The Morgan fingerprint density at radius 2 is 2.29 bits per heavy atom. The maximum atomic E-state index is 11.3. The van der Waals surface area contributed by atoms with Crippen LogP contribution in [0.3, 0.4) is 0 Å². The van der Waals surface area contributed by atoms with Crippen molar-refractivity contribution in [2.45, 2.75) is 13.0 Å². The number of anilines is 1. The van der Waals surface area contributed by atoms with E-state index >= 15 is 0 Å². The van der Waals surface area contributed by atoms with Crippen molar-refractivity contribution < 1.29 is 9.46 Å². The summed E-state index contributed by atoms with van der Waals surface area (Å²) >= 11 is 0. The van der Waals surface area contributed by atoms with E-state index in [2.05, 4.69) is 4.98 Å². The van der Waals surface area contributed by atoms with Crippen LogP contribution in [0.5, 0.6) is 0 Å². The molecular formula is C10H16N3O3P. The van der Waals surface area contributed by atoms with E-state index in [-0.39, 0.29) is 12.0 Å². The summed E-state index contributed by atoms with van der Waals surface area (Å²) in [5, 5.41) is 0. The third-order valence-electron chi connectivity index (χ3n) is 2.08. The van der Waals surface area contributed by atoms with Crippen molar-refractivity contribution in [3.63, 3.8) is 0 Å². The molecule has 0 radical (unpaired) electrons.